The van der Waals surface area contributed by atoms with Crippen LogP contribution in [0, 0.1) is 6.92 Å². The van der Waals surface area contributed by atoms with Crippen molar-refractivity contribution in [2.45, 2.75) is 13.0 Å². The highest BCUT2D eigenvalue weighted by atomic mass is 35.5. The van der Waals surface area contributed by atoms with E-state index in [-0.39, 0.29) is 22.7 Å². The highest BCUT2D eigenvalue weighted by Crippen LogP contribution is 2.25. The summed E-state index contributed by atoms with van der Waals surface area (Å²) in [5.41, 5.74) is 2.25. The average Bonchev–Trinajstić information content (AvgIpc) is 2.95. The first-order chi connectivity index (χ1) is 12.0. The lowest BCUT2D eigenvalue weighted by atomic mass is 10.1. The molecule has 3 aromatic heterocycles. The first-order valence-corrected chi connectivity index (χ1v) is 8.08. The molecule has 3 heterocycles. The molecular weight excluding hydrogens is 342 g/mol. The molecule has 0 radical (unpaired) electrons. The minimum absolute atomic E-state index is 0.152. The van der Waals surface area contributed by atoms with Crippen LogP contribution in [0.2, 0.25) is 5.02 Å². The summed E-state index contributed by atoms with van der Waals surface area (Å²) in [6.07, 6.45) is 5.14. The van der Waals surface area contributed by atoms with E-state index in [0.29, 0.717) is 12.3 Å². The van der Waals surface area contributed by atoms with Crippen molar-refractivity contribution in [3.8, 4) is 0 Å². The Balaban J connectivity index is 1.97. The van der Waals surface area contributed by atoms with Gasteiger partial charge in [-0.1, -0.05) is 17.7 Å². The van der Waals surface area contributed by atoms with Crippen molar-refractivity contribution >= 4 is 23.2 Å². The van der Waals surface area contributed by atoms with Crippen LogP contribution in [0.25, 0.3) is 5.65 Å². The Morgan fingerprint density at radius 2 is 2.20 bits per heavy atom. The van der Waals surface area contributed by atoms with Gasteiger partial charge >= 0.3 is 0 Å². The molecule has 0 spiro atoms. The molecule has 0 unspecified atom stereocenters. The molecule has 0 saturated carbocycles. The van der Waals surface area contributed by atoms with E-state index in [1.807, 2.05) is 25.1 Å². The van der Waals surface area contributed by atoms with Crippen LogP contribution >= 0.6 is 11.6 Å². The van der Waals surface area contributed by atoms with E-state index < -0.39 is 0 Å². The number of aromatic nitrogens is 4. The summed E-state index contributed by atoms with van der Waals surface area (Å²) >= 11 is 6.34. The number of nitrogens with zero attached hydrogens (tertiary/aromatic N) is 5. The van der Waals surface area contributed by atoms with Crippen molar-refractivity contribution in [3.05, 3.63) is 58.8 Å². The first kappa shape index (κ1) is 17.3. The maximum atomic E-state index is 13.0. The number of carbonyl (C=O) groups excluding carboxylic acids is 1. The number of amides is 1. The van der Waals surface area contributed by atoms with Crippen LogP contribution in [-0.4, -0.2) is 51.2 Å². The number of halogens is 1. The van der Waals surface area contributed by atoms with Gasteiger partial charge in [0.15, 0.2) is 11.3 Å². The first-order valence-electron chi connectivity index (χ1n) is 7.70. The zero-order chi connectivity index (χ0) is 18.0. The van der Waals surface area contributed by atoms with Gasteiger partial charge in [0.1, 0.15) is 5.02 Å². The van der Waals surface area contributed by atoms with E-state index in [0.717, 1.165) is 11.3 Å². The summed E-state index contributed by atoms with van der Waals surface area (Å²) in [4.78, 5) is 23.1. The molecule has 7 nitrogen and oxygen atoms in total. The largest absolute Gasteiger partial charge is 0.382 e. The van der Waals surface area contributed by atoms with Gasteiger partial charge in [-0.3, -0.25) is 9.78 Å². The lowest BCUT2D eigenvalue weighted by Crippen LogP contribution is -2.34. The second kappa shape index (κ2) is 7.16. The van der Waals surface area contributed by atoms with E-state index in [4.69, 9.17) is 16.3 Å². The van der Waals surface area contributed by atoms with Crippen LogP contribution in [0.1, 0.15) is 27.8 Å². The van der Waals surface area contributed by atoms with Crippen molar-refractivity contribution in [1.82, 2.24) is 24.5 Å². The zero-order valence-corrected chi connectivity index (χ0v) is 14.9. The van der Waals surface area contributed by atoms with Gasteiger partial charge in [0.2, 0.25) is 0 Å². The lowest BCUT2D eigenvalue weighted by molar-refractivity contribution is 0.0589. The van der Waals surface area contributed by atoms with Crippen LogP contribution in [-0.2, 0) is 4.74 Å². The maximum absolute atomic E-state index is 13.0. The maximum Gasteiger partial charge on any atom is 0.276 e. The number of ether oxygens (including phenoxy) is 1. The van der Waals surface area contributed by atoms with Gasteiger partial charge in [-0.25, -0.2) is 9.50 Å². The molecule has 0 saturated heterocycles. The third-order valence-electron chi connectivity index (χ3n) is 3.89. The number of aryl methyl sites for hydroxylation is 1. The molecule has 0 aliphatic rings. The lowest BCUT2D eigenvalue weighted by Gasteiger charge is -2.26. The fourth-order valence-electron chi connectivity index (χ4n) is 2.57. The van der Waals surface area contributed by atoms with Gasteiger partial charge in [0.05, 0.1) is 18.3 Å². The molecule has 130 valence electrons. The normalized spacial score (nSPS) is 12.3. The van der Waals surface area contributed by atoms with Gasteiger partial charge in [0, 0.05) is 32.7 Å². The number of methoxy groups -OCH3 is 1. The molecule has 0 aliphatic heterocycles. The highest BCUT2D eigenvalue weighted by Gasteiger charge is 2.28. The Bertz CT molecular complexity index is 897. The molecular formula is C17H18ClN5O2. The molecule has 8 heteroatoms. The third kappa shape index (κ3) is 3.33. The Kier molecular flexibility index (Phi) is 4.96. The summed E-state index contributed by atoms with van der Waals surface area (Å²) in [6.45, 7) is 2.20. The van der Waals surface area contributed by atoms with Gasteiger partial charge in [0.25, 0.3) is 5.91 Å². The van der Waals surface area contributed by atoms with Crippen molar-refractivity contribution < 1.29 is 9.53 Å². The topological polar surface area (TPSA) is 72.6 Å². The average molecular weight is 360 g/mol. The van der Waals surface area contributed by atoms with E-state index in [2.05, 4.69) is 15.1 Å². The standard InChI is InChI=1S/C17H18ClN5O2/c1-11-8-20-16-14(18)15(21-23(16)9-11)17(24)22(2)13(10-25-3)12-6-4-5-7-19-12/h4-9,13H,10H2,1-3H3/t13-/m0/s1. The Morgan fingerprint density at radius 1 is 1.40 bits per heavy atom. The van der Waals surface area contributed by atoms with Crippen LogP contribution in [0.4, 0.5) is 0 Å². The van der Waals surface area contributed by atoms with Crippen molar-refractivity contribution in [1.29, 1.82) is 0 Å². The highest BCUT2D eigenvalue weighted by molar-refractivity contribution is 6.36. The van der Waals surface area contributed by atoms with Crippen molar-refractivity contribution in [3.63, 3.8) is 0 Å². The number of likely N-dealkylation sites (N-methyl/N-ethyl adjacent to an activating group) is 1. The van der Waals surface area contributed by atoms with Crippen LogP contribution in [0.5, 0.6) is 0 Å². The zero-order valence-electron chi connectivity index (χ0n) is 14.2. The minimum Gasteiger partial charge on any atom is -0.382 e. The smallest absolute Gasteiger partial charge is 0.276 e. The van der Waals surface area contributed by atoms with E-state index in [9.17, 15) is 4.79 Å². The molecule has 3 aromatic rings. The Labute approximate surface area is 150 Å². The number of carbonyl (C=O) groups is 1. The number of fused-ring (bicyclic) bond motifs is 1. The minimum atomic E-state index is -0.353. The quantitative estimate of drug-likeness (QED) is 0.700. The monoisotopic (exact) mass is 359 g/mol. The molecule has 0 aliphatic carbocycles. The summed E-state index contributed by atoms with van der Waals surface area (Å²) in [6, 6.07) is 5.19. The van der Waals surface area contributed by atoms with Gasteiger partial charge in [-0.05, 0) is 24.6 Å². The molecule has 25 heavy (non-hydrogen) atoms. The van der Waals surface area contributed by atoms with E-state index in [1.165, 1.54) is 9.42 Å². The molecule has 1 atom stereocenters. The SMILES string of the molecule is COC[C@@H](c1ccccn1)N(C)C(=O)c1nn2cc(C)cnc2c1Cl. The summed E-state index contributed by atoms with van der Waals surface area (Å²) in [7, 11) is 3.26. The fourth-order valence-corrected chi connectivity index (χ4v) is 2.83. The predicted molar refractivity (Wildman–Crippen MR) is 93.7 cm³/mol. The van der Waals surface area contributed by atoms with E-state index >= 15 is 0 Å². The van der Waals surface area contributed by atoms with Gasteiger partial charge in [-0.2, -0.15) is 5.10 Å². The van der Waals surface area contributed by atoms with Gasteiger partial charge in [-0.15, -0.1) is 0 Å². The molecule has 3 rings (SSSR count). The predicted octanol–water partition coefficient (Wildman–Crippen LogP) is 2.55. The second-order valence-electron chi connectivity index (χ2n) is 5.70. The Hall–Kier alpha value is -2.51. The summed E-state index contributed by atoms with van der Waals surface area (Å²) < 4.78 is 6.78. The molecule has 0 aromatic carbocycles. The van der Waals surface area contributed by atoms with Crippen molar-refractivity contribution in [2.24, 2.45) is 0 Å². The van der Waals surface area contributed by atoms with Crippen LogP contribution < -0.4 is 0 Å². The Morgan fingerprint density at radius 3 is 2.88 bits per heavy atom. The summed E-state index contributed by atoms with van der Waals surface area (Å²) in [5, 5.41) is 4.53. The third-order valence-corrected chi connectivity index (χ3v) is 4.24. The second-order valence-corrected chi connectivity index (χ2v) is 6.08. The van der Waals surface area contributed by atoms with Crippen LogP contribution in [0.3, 0.4) is 0 Å². The van der Waals surface area contributed by atoms with Crippen molar-refractivity contribution in [2.75, 3.05) is 20.8 Å². The van der Waals surface area contributed by atoms with Crippen LogP contribution in [0.15, 0.2) is 36.8 Å². The number of hydrogen-bond donors (Lipinski definition) is 0. The molecule has 1 amide bonds. The van der Waals surface area contributed by atoms with E-state index in [1.54, 1.807) is 32.7 Å². The fraction of sp³-hybridized carbons (Fsp3) is 0.294. The molecule has 0 N–H and O–H groups in total. The number of rotatable bonds is 5. The molecule has 0 fully saturated rings. The summed E-state index contributed by atoms with van der Waals surface area (Å²) in [5.74, 6) is -0.319. The van der Waals surface area contributed by atoms with Gasteiger partial charge < -0.3 is 9.64 Å². The number of hydrogen-bond acceptors (Lipinski definition) is 5. The molecule has 0 bridgehead atoms. The number of pyridine rings is 1.